The molecule has 8 heteroatoms. The van der Waals surface area contributed by atoms with E-state index in [-0.39, 0.29) is 6.04 Å². The lowest BCUT2D eigenvalue weighted by Crippen LogP contribution is -2.53. The molecule has 0 amide bonds. The lowest BCUT2D eigenvalue weighted by molar-refractivity contribution is 0.222. The number of piperidine rings is 1. The predicted molar refractivity (Wildman–Crippen MR) is 122 cm³/mol. The van der Waals surface area contributed by atoms with Gasteiger partial charge in [0.1, 0.15) is 0 Å². The van der Waals surface area contributed by atoms with Gasteiger partial charge in [-0.05, 0) is 69.3 Å². The average molecular weight is 445 g/mol. The van der Waals surface area contributed by atoms with Crippen molar-refractivity contribution in [3.05, 3.63) is 45.7 Å². The molecule has 1 N–H and O–H groups in total. The van der Waals surface area contributed by atoms with Gasteiger partial charge in [0.25, 0.3) is 0 Å². The van der Waals surface area contributed by atoms with Crippen LogP contribution < -0.4 is 10.2 Å². The molecule has 158 valence electrons. The van der Waals surface area contributed by atoms with Crippen molar-refractivity contribution in [1.82, 2.24) is 25.1 Å². The molecule has 6 nitrogen and oxygen atoms in total. The molecule has 0 radical (unpaired) electrons. The number of fused-ring (bicyclic) bond motifs is 1. The molecule has 2 atom stereocenters. The maximum absolute atomic E-state index is 6.46. The highest BCUT2D eigenvalue weighted by molar-refractivity contribution is 6.35. The van der Waals surface area contributed by atoms with Crippen molar-refractivity contribution in [3.63, 3.8) is 0 Å². The van der Waals surface area contributed by atoms with Crippen LogP contribution >= 0.6 is 23.2 Å². The number of benzene rings is 1. The Morgan fingerprint density at radius 3 is 2.77 bits per heavy atom. The highest BCUT2D eigenvalue weighted by atomic mass is 35.5. The normalized spacial score (nSPS) is 21.1. The monoisotopic (exact) mass is 444 g/mol. The first kappa shape index (κ1) is 20.0. The van der Waals surface area contributed by atoms with E-state index >= 15 is 0 Å². The minimum atomic E-state index is -0.0637. The fourth-order valence-corrected chi connectivity index (χ4v) is 5.27. The molecule has 4 heterocycles. The Kier molecular flexibility index (Phi) is 5.33. The summed E-state index contributed by atoms with van der Waals surface area (Å²) in [4.78, 5) is 11.9. The Morgan fingerprint density at radius 2 is 2.03 bits per heavy atom. The third-order valence-corrected chi connectivity index (χ3v) is 7.16. The number of rotatable bonds is 4. The molecule has 2 aliphatic rings. The van der Waals surface area contributed by atoms with Gasteiger partial charge in [0, 0.05) is 29.3 Å². The molecule has 2 aliphatic heterocycles. The lowest BCUT2D eigenvalue weighted by Gasteiger charge is -2.44. The number of nitrogens with one attached hydrogen (secondary N) is 1. The van der Waals surface area contributed by atoms with E-state index in [9.17, 15) is 0 Å². The number of aromatic nitrogens is 4. The molecule has 0 aliphatic carbocycles. The Hall–Kier alpha value is -1.89. The fourth-order valence-electron chi connectivity index (χ4n) is 4.71. The quantitative estimate of drug-likeness (QED) is 0.642. The van der Waals surface area contributed by atoms with Crippen LogP contribution in [0.5, 0.6) is 0 Å². The Bertz CT molecular complexity index is 1070. The summed E-state index contributed by atoms with van der Waals surface area (Å²) in [7, 11) is 0. The summed E-state index contributed by atoms with van der Waals surface area (Å²) in [5, 5.41) is 10.5. The maximum Gasteiger partial charge on any atom is 0.227 e. The Balaban J connectivity index is 1.42. The van der Waals surface area contributed by atoms with E-state index in [4.69, 9.17) is 33.3 Å². The summed E-state index contributed by atoms with van der Waals surface area (Å²) in [5.74, 6) is 2.30. The van der Waals surface area contributed by atoms with Crippen LogP contribution in [0.1, 0.15) is 37.1 Å². The van der Waals surface area contributed by atoms with Gasteiger partial charge in [-0.15, -0.1) is 0 Å². The van der Waals surface area contributed by atoms with Gasteiger partial charge in [-0.1, -0.05) is 29.3 Å². The molecular formula is C22H26Cl2N6. The molecule has 3 aromatic rings. The van der Waals surface area contributed by atoms with Crippen LogP contribution in [0.25, 0.3) is 11.0 Å². The topological polar surface area (TPSA) is 58.9 Å². The summed E-state index contributed by atoms with van der Waals surface area (Å²) < 4.78 is 1.95. The molecule has 0 saturated carbocycles. The molecule has 2 unspecified atom stereocenters. The molecule has 5 rings (SSSR count). The van der Waals surface area contributed by atoms with E-state index in [1.165, 1.54) is 12.8 Å². The van der Waals surface area contributed by atoms with Crippen LogP contribution in [-0.2, 0) is 0 Å². The Labute approximate surface area is 186 Å². The van der Waals surface area contributed by atoms with Crippen molar-refractivity contribution >= 4 is 40.2 Å². The first-order valence-corrected chi connectivity index (χ1v) is 11.4. The predicted octanol–water partition coefficient (Wildman–Crippen LogP) is 4.49. The number of hydrogen-bond acceptors (Lipinski definition) is 5. The first-order valence-electron chi connectivity index (χ1n) is 10.6. The molecular weight excluding hydrogens is 419 g/mol. The van der Waals surface area contributed by atoms with Gasteiger partial charge in [0.05, 0.1) is 17.1 Å². The smallest absolute Gasteiger partial charge is 0.227 e. The van der Waals surface area contributed by atoms with Gasteiger partial charge in [-0.25, -0.2) is 9.67 Å². The van der Waals surface area contributed by atoms with Gasteiger partial charge in [0.2, 0.25) is 5.95 Å². The number of aryl methyl sites for hydroxylation is 1. The van der Waals surface area contributed by atoms with Crippen molar-refractivity contribution in [1.29, 1.82) is 0 Å². The first-order chi connectivity index (χ1) is 14.5. The second-order valence-corrected chi connectivity index (χ2v) is 9.39. The number of halogens is 2. The summed E-state index contributed by atoms with van der Waals surface area (Å²) in [6.45, 7) is 8.44. The van der Waals surface area contributed by atoms with Crippen molar-refractivity contribution in [2.24, 2.45) is 11.8 Å². The molecule has 2 aromatic heterocycles. The van der Waals surface area contributed by atoms with Crippen LogP contribution in [0.2, 0.25) is 10.0 Å². The summed E-state index contributed by atoms with van der Waals surface area (Å²) in [6.07, 6.45) is 4.52. The van der Waals surface area contributed by atoms with E-state index < -0.39 is 0 Å². The third-order valence-electron chi connectivity index (χ3n) is 6.59. The number of hydrogen-bond donors (Lipinski definition) is 1. The van der Waals surface area contributed by atoms with Gasteiger partial charge in [-0.2, -0.15) is 10.1 Å². The minimum Gasteiger partial charge on any atom is -0.340 e. The number of anilines is 1. The van der Waals surface area contributed by atoms with E-state index in [0.717, 1.165) is 66.3 Å². The summed E-state index contributed by atoms with van der Waals surface area (Å²) >= 11 is 12.5. The van der Waals surface area contributed by atoms with Gasteiger partial charge < -0.3 is 10.2 Å². The number of nitrogens with zero attached hydrogens (tertiary/aromatic N) is 5. The molecule has 2 fully saturated rings. The van der Waals surface area contributed by atoms with Crippen LogP contribution in [0.15, 0.2) is 24.4 Å². The van der Waals surface area contributed by atoms with Crippen LogP contribution in [0, 0.1) is 18.8 Å². The maximum atomic E-state index is 6.46. The van der Waals surface area contributed by atoms with Crippen LogP contribution in [-0.4, -0.2) is 45.9 Å². The lowest BCUT2D eigenvalue weighted by atomic mass is 9.81. The summed E-state index contributed by atoms with van der Waals surface area (Å²) in [5.41, 5.74) is 2.74. The van der Waals surface area contributed by atoms with Gasteiger partial charge >= 0.3 is 0 Å². The second-order valence-electron chi connectivity index (χ2n) is 8.55. The largest absolute Gasteiger partial charge is 0.340 e. The molecule has 0 bridgehead atoms. The minimum absolute atomic E-state index is 0.0637. The fraction of sp³-hybridized carbons (Fsp3) is 0.500. The standard InChI is InChI=1S/C22H26Cl2N6/c1-13-19-10-26-22(29-11-16(12-29)15-4-3-7-25-9-15)27-21(19)30(28-13)14(2)18-6-5-17(23)8-20(18)24/h5-6,8,10,14-16,25H,3-4,7,9,11-12H2,1-2H3. The molecule has 2 saturated heterocycles. The van der Waals surface area contributed by atoms with E-state index in [1.807, 2.05) is 29.9 Å². The van der Waals surface area contributed by atoms with Gasteiger partial charge in [-0.3, -0.25) is 0 Å². The van der Waals surface area contributed by atoms with Crippen molar-refractivity contribution in [2.45, 2.75) is 32.7 Å². The SMILES string of the molecule is Cc1nn(C(C)c2ccc(Cl)cc2Cl)c2nc(N3CC(C4CCCNC4)C3)ncc12. The zero-order valence-corrected chi connectivity index (χ0v) is 18.8. The van der Waals surface area contributed by atoms with Crippen molar-refractivity contribution in [3.8, 4) is 0 Å². The van der Waals surface area contributed by atoms with Crippen molar-refractivity contribution in [2.75, 3.05) is 31.1 Å². The zero-order valence-electron chi connectivity index (χ0n) is 17.3. The third kappa shape index (κ3) is 3.55. The molecule has 0 spiro atoms. The molecule has 1 aromatic carbocycles. The van der Waals surface area contributed by atoms with Crippen LogP contribution in [0.3, 0.4) is 0 Å². The van der Waals surface area contributed by atoms with Crippen LogP contribution in [0.4, 0.5) is 5.95 Å². The highest BCUT2D eigenvalue weighted by Gasteiger charge is 2.35. The van der Waals surface area contributed by atoms with E-state index in [1.54, 1.807) is 6.07 Å². The second kappa shape index (κ2) is 7.98. The average Bonchev–Trinajstić information content (AvgIpc) is 3.03. The Morgan fingerprint density at radius 1 is 1.20 bits per heavy atom. The van der Waals surface area contributed by atoms with Crippen molar-refractivity contribution < 1.29 is 0 Å². The molecule has 30 heavy (non-hydrogen) atoms. The summed E-state index contributed by atoms with van der Waals surface area (Å²) in [6, 6.07) is 5.52. The zero-order chi connectivity index (χ0) is 20.8. The van der Waals surface area contributed by atoms with E-state index in [0.29, 0.717) is 10.0 Å². The van der Waals surface area contributed by atoms with Gasteiger partial charge in [0.15, 0.2) is 5.65 Å². The van der Waals surface area contributed by atoms with E-state index in [2.05, 4.69) is 22.1 Å². The highest BCUT2D eigenvalue weighted by Crippen LogP contribution is 2.33.